The summed E-state index contributed by atoms with van der Waals surface area (Å²) in [5.74, 6) is -0.919. The standard InChI is InChI=1S/C20H22N2O5/c1-4-14-5-7-15(8-6-14)20(25)27-12-19(24)22-17-11-16(21-13(2)23)9-10-18(17)26-3/h5-11H,4,12H2,1-3H3,(H,21,23)(H,22,24). The minimum Gasteiger partial charge on any atom is -0.495 e. The van der Waals surface area contributed by atoms with Gasteiger partial charge in [0.15, 0.2) is 6.61 Å². The zero-order valence-corrected chi connectivity index (χ0v) is 15.5. The molecule has 0 saturated carbocycles. The average molecular weight is 370 g/mol. The van der Waals surface area contributed by atoms with Crippen LogP contribution in [-0.4, -0.2) is 31.5 Å². The Kier molecular flexibility index (Phi) is 6.93. The third-order valence-electron chi connectivity index (χ3n) is 3.73. The molecule has 7 nitrogen and oxygen atoms in total. The Morgan fingerprint density at radius 1 is 1.00 bits per heavy atom. The van der Waals surface area contributed by atoms with Crippen molar-refractivity contribution in [2.45, 2.75) is 20.3 Å². The lowest BCUT2D eigenvalue weighted by Crippen LogP contribution is -2.21. The van der Waals surface area contributed by atoms with Crippen LogP contribution in [0.5, 0.6) is 5.75 Å². The molecule has 0 spiro atoms. The third kappa shape index (κ3) is 5.85. The van der Waals surface area contributed by atoms with E-state index in [1.807, 2.05) is 19.1 Å². The SMILES string of the molecule is CCc1ccc(C(=O)OCC(=O)Nc2cc(NC(C)=O)ccc2OC)cc1. The molecule has 0 aliphatic heterocycles. The normalized spacial score (nSPS) is 10.0. The molecule has 2 rings (SSSR count). The minimum atomic E-state index is -0.577. The highest BCUT2D eigenvalue weighted by molar-refractivity contribution is 5.97. The first-order valence-corrected chi connectivity index (χ1v) is 8.44. The number of esters is 1. The minimum absolute atomic E-state index is 0.236. The summed E-state index contributed by atoms with van der Waals surface area (Å²) in [4.78, 5) is 35.3. The molecule has 2 amide bonds. The van der Waals surface area contributed by atoms with Gasteiger partial charge in [-0.25, -0.2) is 4.79 Å². The van der Waals surface area contributed by atoms with Crippen LogP contribution in [0.4, 0.5) is 11.4 Å². The third-order valence-corrected chi connectivity index (χ3v) is 3.73. The number of aryl methyl sites for hydroxylation is 1. The molecule has 0 radical (unpaired) electrons. The first kappa shape index (κ1) is 20.0. The van der Waals surface area contributed by atoms with Gasteiger partial charge >= 0.3 is 5.97 Å². The van der Waals surface area contributed by atoms with E-state index in [1.165, 1.54) is 14.0 Å². The Balaban J connectivity index is 1.98. The van der Waals surface area contributed by atoms with Gasteiger partial charge in [0.05, 0.1) is 18.4 Å². The number of methoxy groups -OCH3 is 1. The molecule has 0 aromatic heterocycles. The highest BCUT2D eigenvalue weighted by Crippen LogP contribution is 2.27. The van der Waals surface area contributed by atoms with E-state index in [4.69, 9.17) is 9.47 Å². The maximum absolute atomic E-state index is 12.1. The van der Waals surface area contributed by atoms with Crippen molar-refractivity contribution in [3.05, 3.63) is 53.6 Å². The molecule has 2 aromatic carbocycles. The molecule has 0 atom stereocenters. The number of hydrogen-bond donors (Lipinski definition) is 2. The van der Waals surface area contributed by atoms with Crippen LogP contribution in [0.15, 0.2) is 42.5 Å². The Bertz CT molecular complexity index is 831. The smallest absolute Gasteiger partial charge is 0.338 e. The van der Waals surface area contributed by atoms with Gasteiger partial charge in [-0.15, -0.1) is 0 Å². The van der Waals surface area contributed by atoms with E-state index in [2.05, 4.69) is 10.6 Å². The fourth-order valence-corrected chi connectivity index (χ4v) is 2.36. The zero-order valence-electron chi connectivity index (χ0n) is 15.5. The van der Waals surface area contributed by atoms with E-state index in [9.17, 15) is 14.4 Å². The van der Waals surface area contributed by atoms with Gasteiger partial charge in [-0.05, 0) is 42.3 Å². The highest BCUT2D eigenvalue weighted by Gasteiger charge is 2.13. The lowest BCUT2D eigenvalue weighted by Gasteiger charge is -2.12. The van der Waals surface area contributed by atoms with Crippen molar-refractivity contribution in [3.63, 3.8) is 0 Å². The van der Waals surface area contributed by atoms with Crippen molar-refractivity contribution in [1.29, 1.82) is 0 Å². The molecule has 27 heavy (non-hydrogen) atoms. The summed E-state index contributed by atoms with van der Waals surface area (Å²) in [6.07, 6.45) is 0.872. The average Bonchev–Trinajstić information content (AvgIpc) is 2.66. The molecule has 0 unspecified atom stereocenters. The van der Waals surface area contributed by atoms with Crippen molar-refractivity contribution < 1.29 is 23.9 Å². The second kappa shape index (κ2) is 9.38. The van der Waals surface area contributed by atoms with Crippen molar-refractivity contribution in [1.82, 2.24) is 0 Å². The fraction of sp³-hybridized carbons (Fsp3) is 0.250. The molecule has 2 N–H and O–H groups in total. The molecule has 0 heterocycles. The molecular formula is C20H22N2O5. The summed E-state index contributed by atoms with van der Waals surface area (Å²) in [5, 5.41) is 5.23. The van der Waals surface area contributed by atoms with Gasteiger partial charge in [0, 0.05) is 12.6 Å². The number of nitrogens with one attached hydrogen (secondary N) is 2. The van der Waals surface area contributed by atoms with E-state index in [-0.39, 0.29) is 5.91 Å². The molecule has 0 saturated heterocycles. The topological polar surface area (TPSA) is 93.7 Å². The molecule has 142 valence electrons. The Labute approximate surface area is 157 Å². The molecule has 0 aliphatic carbocycles. The number of hydrogen-bond acceptors (Lipinski definition) is 5. The maximum Gasteiger partial charge on any atom is 0.338 e. The van der Waals surface area contributed by atoms with Gasteiger partial charge in [-0.2, -0.15) is 0 Å². The maximum atomic E-state index is 12.1. The van der Waals surface area contributed by atoms with Crippen LogP contribution >= 0.6 is 0 Å². The van der Waals surface area contributed by atoms with Gasteiger partial charge in [0.25, 0.3) is 5.91 Å². The van der Waals surface area contributed by atoms with E-state index in [1.54, 1.807) is 30.3 Å². The van der Waals surface area contributed by atoms with E-state index < -0.39 is 18.5 Å². The van der Waals surface area contributed by atoms with E-state index >= 15 is 0 Å². The summed E-state index contributed by atoms with van der Waals surface area (Å²) >= 11 is 0. The molecule has 0 fully saturated rings. The van der Waals surface area contributed by atoms with Crippen molar-refractivity contribution in [3.8, 4) is 5.75 Å². The van der Waals surface area contributed by atoms with Crippen molar-refractivity contribution >= 4 is 29.2 Å². The van der Waals surface area contributed by atoms with Crippen LogP contribution in [-0.2, 0) is 20.7 Å². The van der Waals surface area contributed by atoms with E-state index in [0.717, 1.165) is 12.0 Å². The van der Waals surface area contributed by atoms with Crippen LogP contribution < -0.4 is 15.4 Å². The number of benzene rings is 2. The summed E-state index contributed by atoms with van der Waals surface area (Å²) in [6.45, 7) is 2.96. The largest absolute Gasteiger partial charge is 0.495 e. The van der Waals surface area contributed by atoms with Crippen molar-refractivity contribution in [2.24, 2.45) is 0 Å². The van der Waals surface area contributed by atoms with Gasteiger partial charge in [0.2, 0.25) is 5.91 Å². The van der Waals surface area contributed by atoms with Gasteiger partial charge in [-0.3, -0.25) is 9.59 Å². The van der Waals surface area contributed by atoms with Gasteiger partial charge in [0.1, 0.15) is 5.75 Å². The highest BCUT2D eigenvalue weighted by atomic mass is 16.5. The second-order valence-electron chi connectivity index (χ2n) is 5.77. The Morgan fingerprint density at radius 3 is 2.30 bits per heavy atom. The molecule has 7 heteroatoms. The Hall–Kier alpha value is -3.35. The van der Waals surface area contributed by atoms with Crippen LogP contribution in [0, 0.1) is 0 Å². The fourth-order valence-electron chi connectivity index (χ4n) is 2.36. The first-order valence-electron chi connectivity index (χ1n) is 8.44. The monoisotopic (exact) mass is 370 g/mol. The predicted octanol–water partition coefficient (Wildman–Crippen LogP) is 3.01. The second-order valence-corrected chi connectivity index (χ2v) is 5.77. The molecule has 2 aromatic rings. The quantitative estimate of drug-likeness (QED) is 0.731. The number of rotatable bonds is 7. The summed E-state index contributed by atoms with van der Waals surface area (Å²) < 4.78 is 10.2. The van der Waals surface area contributed by atoms with E-state index in [0.29, 0.717) is 22.7 Å². The van der Waals surface area contributed by atoms with Crippen LogP contribution in [0.2, 0.25) is 0 Å². The van der Waals surface area contributed by atoms with Gasteiger partial charge < -0.3 is 20.1 Å². The zero-order chi connectivity index (χ0) is 19.8. The summed E-state index contributed by atoms with van der Waals surface area (Å²) in [6, 6.07) is 11.8. The number of carbonyl (C=O) groups excluding carboxylic acids is 3. The summed E-state index contributed by atoms with van der Waals surface area (Å²) in [5.41, 5.74) is 2.35. The van der Waals surface area contributed by atoms with Gasteiger partial charge in [-0.1, -0.05) is 19.1 Å². The number of amides is 2. The van der Waals surface area contributed by atoms with Crippen LogP contribution in [0.25, 0.3) is 0 Å². The van der Waals surface area contributed by atoms with Crippen molar-refractivity contribution in [2.75, 3.05) is 24.4 Å². The lowest BCUT2D eigenvalue weighted by molar-refractivity contribution is -0.119. The number of ether oxygens (including phenoxy) is 2. The Morgan fingerprint density at radius 2 is 1.70 bits per heavy atom. The molecule has 0 aliphatic rings. The molecule has 0 bridgehead atoms. The number of carbonyl (C=O) groups is 3. The predicted molar refractivity (Wildman–Crippen MR) is 102 cm³/mol. The molecular weight excluding hydrogens is 348 g/mol. The summed E-state index contributed by atoms with van der Waals surface area (Å²) in [7, 11) is 1.46. The lowest BCUT2D eigenvalue weighted by atomic mass is 10.1. The number of anilines is 2. The first-order chi connectivity index (χ1) is 12.9. The van der Waals surface area contributed by atoms with Crippen LogP contribution in [0.3, 0.4) is 0 Å². The van der Waals surface area contributed by atoms with Crippen LogP contribution in [0.1, 0.15) is 29.8 Å².